The topological polar surface area (TPSA) is 125 Å². The van der Waals surface area contributed by atoms with E-state index in [-0.39, 0.29) is 18.9 Å². The van der Waals surface area contributed by atoms with Crippen LogP contribution in [0.3, 0.4) is 0 Å². The Hall–Kier alpha value is -1.87. The highest BCUT2D eigenvalue weighted by Crippen LogP contribution is 2.28. The molecule has 1 saturated carbocycles. The number of aliphatic hydroxyl groups excluding tert-OH is 1. The summed E-state index contributed by atoms with van der Waals surface area (Å²) in [4.78, 5) is 37.8. The Morgan fingerprint density at radius 3 is 2.41 bits per heavy atom. The van der Waals surface area contributed by atoms with E-state index in [1.807, 2.05) is 0 Å². The van der Waals surface area contributed by atoms with Gasteiger partial charge in [-0.25, -0.2) is 9.59 Å². The van der Waals surface area contributed by atoms with Crippen molar-refractivity contribution in [1.82, 2.24) is 10.2 Å². The summed E-state index contributed by atoms with van der Waals surface area (Å²) in [6.07, 6.45) is 3.82. The predicted octanol–water partition coefficient (Wildman–Crippen LogP) is 0.746. The lowest BCUT2D eigenvalue weighted by Crippen LogP contribution is -2.49. The van der Waals surface area contributed by atoms with Gasteiger partial charge in [0.2, 0.25) is 0 Å². The van der Waals surface area contributed by atoms with Gasteiger partial charge in [-0.15, -0.1) is 0 Å². The van der Waals surface area contributed by atoms with Crippen LogP contribution in [0.5, 0.6) is 0 Å². The van der Waals surface area contributed by atoms with E-state index in [4.69, 9.17) is 19.7 Å². The molecule has 2 aliphatic rings. The zero-order chi connectivity index (χ0) is 19.6. The van der Waals surface area contributed by atoms with Crippen molar-refractivity contribution >= 4 is 18.0 Å². The van der Waals surface area contributed by atoms with Crippen LogP contribution in [0.4, 0.5) is 4.79 Å². The number of hydrogen-bond acceptors (Lipinski definition) is 6. The molecule has 154 valence electrons. The molecule has 27 heavy (non-hydrogen) atoms. The third-order valence-electron chi connectivity index (χ3n) is 5.13. The monoisotopic (exact) mass is 386 g/mol. The van der Waals surface area contributed by atoms with Crippen LogP contribution in [0.15, 0.2) is 0 Å². The van der Waals surface area contributed by atoms with Gasteiger partial charge in [0, 0.05) is 26.1 Å². The van der Waals surface area contributed by atoms with E-state index in [9.17, 15) is 14.4 Å². The van der Waals surface area contributed by atoms with Gasteiger partial charge in [0.25, 0.3) is 5.91 Å². The number of morpholine rings is 1. The van der Waals surface area contributed by atoms with E-state index < -0.39 is 24.2 Å². The second-order valence-corrected chi connectivity index (χ2v) is 7.12. The Bertz CT molecular complexity index is 502. The van der Waals surface area contributed by atoms with Gasteiger partial charge in [-0.3, -0.25) is 4.79 Å². The van der Waals surface area contributed by atoms with Gasteiger partial charge < -0.3 is 29.9 Å². The first-order chi connectivity index (χ1) is 13.0. The molecule has 0 aromatic carbocycles. The van der Waals surface area contributed by atoms with Crippen LogP contribution < -0.4 is 5.32 Å². The Morgan fingerprint density at radius 1 is 1.15 bits per heavy atom. The summed E-state index contributed by atoms with van der Waals surface area (Å²) >= 11 is 0. The van der Waals surface area contributed by atoms with Gasteiger partial charge in [-0.05, 0) is 12.3 Å². The fourth-order valence-corrected chi connectivity index (χ4v) is 3.60. The average molecular weight is 386 g/mol. The standard InChI is InChI=1S/C18H30N2O7/c21-9-6-14(17(23)24)19-18(25)27-15(12-13-4-2-1-3-5-13)16(22)20-7-10-26-11-8-20/h13-15,21H,1-12H2,(H,19,25)(H,23,24). The van der Waals surface area contributed by atoms with Crippen LogP contribution in [0, 0.1) is 5.92 Å². The number of carboxylic acid groups (broad SMARTS) is 1. The molecule has 1 aliphatic carbocycles. The molecule has 9 heteroatoms. The molecule has 2 amide bonds. The summed E-state index contributed by atoms with van der Waals surface area (Å²) in [6.45, 7) is 1.42. The highest BCUT2D eigenvalue weighted by molar-refractivity contribution is 5.85. The second-order valence-electron chi connectivity index (χ2n) is 7.12. The molecule has 2 fully saturated rings. The van der Waals surface area contributed by atoms with E-state index in [0.717, 1.165) is 25.7 Å². The minimum absolute atomic E-state index is 0.130. The average Bonchev–Trinajstić information content (AvgIpc) is 2.68. The van der Waals surface area contributed by atoms with Crippen LogP contribution in [-0.2, 0) is 19.1 Å². The molecule has 0 aromatic heterocycles. The molecular formula is C18H30N2O7. The van der Waals surface area contributed by atoms with Gasteiger partial charge in [0.1, 0.15) is 6.04 Å². The van der Waals surface area contributed by atoms with E-state index in [0.29, 0.717) is 38.6 Å². The molecule has 3 N–H and O–H groups in total. The van der Waals surface area contributed by atoms with E-state index >= 15 is 0 Å². The highest BCUT2D eigenvalue weighted by atomic mass is 16.6. The molecule has 9 nitrogen and oxygen atoms in total. The van der Waals surface area contributed by atoms with Gasteiger partial charge in [0.05, 0.1) is 13.2 Å². The number of nitrogens with zero attached hydrogens (tertiary/aromatic N) is 1. The molecule has 2 rings (SSSR count). The predicted molar refractivity (Wildman–Crippen MR) is 95.1 cm³/mol. The molecule has 0 radical (unpaired) electrons. The van der Waals surface area contributed by atoms with Crippen molar-refractivity contribution in [3.05, 3.63) is 0 Å². The van der Waals surface area contributed by atoms with Gasteiger partial charge in [-0.1, -0.05) is 32.1 Å². The maximum atomic E-state index is 12.9. The summed E-state index contributed by atoms with van der Waals surface area (Å²) in [6, 6.07) is -1.25. The summed E-state index contributed by atoms with van der Waals surface area (Å²) in [5.41, 5.74) is 0. The Labute approximate surface area is 159 Å². The third kappa shape index (κ3) is 6.99. The molecule has 1 aliphatic heterocycles. The number of rotatable bonds is 8. The number of ether oxygens (including phenoxy) is 2. The zero-order valence-corrected chi connectivity index (χ0v) is 15.6. The van der Waals surface area contributed by atoms with Crippen molar-refractivity contribution in [2.24, 2.45) is 5.92 Å². The van der Waals surface area contributed by atoms with Gasteiger partial charge in [-0.2, -0.15) is 0 Å². The largest absolute Gasteiger partial charge is 0.480 e. The van der Waals surface area contributed by atoms with Crippen molar-refractivity contribution < 1.29 is 34.1 Å². The SMILES string of the molecule is O=C(NC(CCO)C(=O)O)OC(CC1CCCCC1)C(=O)N1CCOCC1. The second kappa shape index (κ2) is 11.1. The lowest BCUT2D eigenvalue weighted by atomic mass is 9.85. The summed E-state index contributed by atoms with van der Waals surface area (Å²) in [5.74, 6) is -1.20. The number of carbonyl (C=O) groups is 3. The molecule has 0 spiro atoms. The number of carboxylic acids is 1. The smallest absolute Gasteiger partial charge is 0.408 e. The Morgan fingerprint density at radius 2 is 1.81 bits per heavy atom. The number of hydrogen-bond donors (Lipinski definition) is 3. The molecule has 2 unspecified atom stereocenters. The first kappa shape index (κ1) is 21.4. The maximum Gasteiger partial charge on any atom is 0.408 e. The van der Waals surface area contributed by atoms with Gasteiger partial charge >= 0.3 is 12.1 Å². The number of alkyl carbamates (subject to hydrolysis) is 1. The molecule has 2 atom stereocenters. The van der Waals surface area contributed by atoms with Crippen molar-refractivity contribution in [1.29, 1.82) is 0 Å². The highest BCUT2D eigenvalue weighted by Gasteiger charge is 2.32. The number of carbonyl (C=O) groups excluding carboxylic acids is 2. The summed E-state index contributed by atoms with van der Waals surface area (Å²) in [5, 5.41) is 20.2. The fourth-order valence-electron chi connectivity index (χ4n) is 3.60. The van der Waals surface area contributed by atoms with Crippen molar-refractivity contribution in [2.45, 2.75) is 57.1 Å². The van der Waals surface area contributed by atoms with Crippen LogP contribution in [0.1, 0.15) is 44.9 Å². The van der Waals surface area contributed by atoms with Crippen molar-refractivity contribution in [3.63, 3.8) is 0 Å². The molecule has 0 aromatic rings. The number of aliphatic carboxylic acids is 1. The minimum Gasteiger partial charge on any atom is -0.480 e. The molecular weight excluding hydrogens is 356 g/mol. The summed E-state index contributed by atoms with van der Waals surface area (Å²) in [7, 11) is 0. The van der Waals surface area contributed by atoms with Crippen LogP contribution in [-0.4, -0.2) is 78.1 Å². The third-order valence-corrected chi connectivity index (χ3v) is 5.13. The summed E-state index contributed by atoms with van der Waals surface area (Å²) < 4.78 is 10.6. The van der Waals surface area contributed by atoms with Crippen LogP contribution >= 0.6 is 0 Å². The number of nitrogens with one attached hydrogen (secondary N) is 1. The lowest BCUT2D eigenvalue weighted by Gasteiger charge is -2.32. The van der Waals surface area contributed by atoms with E-state index in [1.165, 1.54) is 6.42 Å². The first-order valence-electron chi connectivity index (χ1n) is 9.68. The number of aliphatic hydroxyl groups is 1. The molecule has 1 saturated heterocycles. The first-order valence-corrected chi connectivity index (χ1v) is 9.68. The Kier molecular flexibility index (Phi) is 8.80. The Balaban J connectivity index is 1.99. The maximum absolute atomic E-state index is 12.9. The number of amides is 2. The van der Waals surface area contributed by atoms with Crippen molar-refractivity contribution in [3.8, 4) is 0 Å². The van der Waals surface area contributed by atoms with Gasteiger partial charge in [0.15, 0.2) is 6.10 Å². The van der Waals surface area contributed by atoms with E-state index in [2.05, 4.69) is 5.32 Å². The van der Waals surface area contributed by atoms with Crippen LogP contribution in [0.2, 0.25) is 0 Å². The quantitative estimate of drug-likeness (QED) is 0.562. The normalized spacial score (nSPS) is 20.6. The van der Waals surface area contributed by atoms with E-state index in [1.54, 1.807) is 4.90 Å². The lowest BCUT2D eigenvalue weighted by molar-refractivity contribution is -0.145. The minimum atomic E-state index is -1.26. The molecule has 0 bridgehead atoms. The van der Waals surface area contributed by atoms with Crippen molar-refractivity contribution in [2.75, 3.05) is 32.9 Å². The van der Waals surface area contributed by atoms with Crippen LogP contribution in [0.25, 0.3) is 0 Å². The zero-order valence-electron chi connectivity index (χ0n) is 15.6. The molecule has 1 heterocycles. The fraction of sp³-hybridized carbons (Fsp3) is 0.833.